The SMILES string of the molecule is CCCCCCCC[C](c1ccccc1)c1ccccc1. The standard InChI is InChI=1S/C21H27/c1-2-3-4-5-6-13-18-21(19-14-9-7-10-15-19)20-16-11-8-12-17-20/h7-12,14-17H,2-6,13,18H2,1H3. The Bertz CT molecular complexity index is 432. The third kappa shape index (κ3) is 5.38. The van der Waals surface area contributed by atoms with E-state index in [9.17, 15) is 0 Å². The molecule has 0 heteroatoms. The van der Waals surface area contributed by atoms with Gasteiger partial charge in [-0.2, -0.15) is 0 Å². The lowest BCUT2D eigenvalue weighted by atomic mass is 9.87. The molecule has 0 unspecified atom stereocenters. The van der Waals surface area contributed by atoms with E-state index < -0.39 is 0 Å². The van der Waals surface area contributed by atoms with E-state index in [1.165, 1.54) is 62.0 Å². The molecule has 1 radical (unpaired) electrons. The Morgan fingerprint density at radius 2 is 1.10 bits per heavy atom. The molecule has 0 saturated carbocycles. The molecule has 0 atom stereocenters. The zero-order valence-corrected chi connectivity index (χ0v) is 13.2. The second-order valence-corrected chi connectivity index (χ2v) is 5.73. The summed E-state index contributed by atoms with van der Waals surface area (Å²) < 4.78 is 0. The molecule has 0 heterocycles. The summed E-state index contributed by atoms with van der Waals surface area (Å²) in [4.78, 5) is 0. The molecule has 0 aliphatic carbocycles. The average Bonchev–Trinajstić information content (AvgIpc) is 2.56. The highest BCUT2D eigenvalue weighted by molar-refractivity contribution is 5.45. The number of benzene rings is 2. The molecule has 0 N–H and O–H groups in total. The quantitative estimate of drug-likeness (QED) is 0.465. The van der Waals surface area contributed by atoms with E-state index in [2.05, 4.69) is 67.6 Å². The van der Waals surface area contributed by atoms with Crippen LogP contribution >= 0.6 is 0 Å². The minimum absolute atomic E-state index is 1.18. The van der Waals surface area contributed by atoms with Crippen molar-refractivity contribution in [2.45, 2.75) is 51.9 Å². The van der Waals surface area contributed by atoms with Gasteiger partial charge in [0.15, 0.2) is 0 Å². The van der Waals surface area contributed by atoms with E-state index in [-0.39, 0.29) is 0 Å². The Balaban J connectivity index is 1.94. The van der Waals surface area contributed by atoms with E-state index in [1.807, 2.05) is 0 Å². The monoisotopic (exact) mass is 279 g/mol. The van der Waals surface area contributed by atoms with Crippen molar-refractivity contribution in [3.05, 3.63) is 77.7 Å². The van der Waals surface area contributed by atoms with Gasteiger partial charge in [-0.3, -0.25) is 0 Å². The first-order chi connectivity index (χ1) is 10.4. The van der Waals surface area contributed by atoms with Crippen molar-refractivity contribution < 1.29 is 0 Å². The molecule has 0 fully saturated rings. The van der Waals surface area contributed by atoms with Crippen LogP contribution in [0, 0.1) is 5.92 Å². The van der Waals surface area contributed by atoms with E-state index in [0.717, 1.165) is 0 Å². The first kappa shape index (κ1) is 15.8. The van der Waals surface area contributed by atoms with E-state index in [0.29, 0.717) is 0 Å². The smallest absolute Gasteiger partial charge is 0.0340 e. The lowest BCUT2D eigenvalue weighted by molar-refractivity contribution is 0.600. The first-order valence-corrected chi connectivity index (χ1v) is 8.38. The Kier molecular flexibility index (Phi) is 7.07. The molecule has 0 aliphatic rings. The molecule has 0 bridgehead atoms. The highest BCUT2D eigenvalue weighted by atomic mass is 14.2. The molecule has 0 nitrogen and oxygen atoms in total. The highest BCUT2D eigenvalue weighted by Gasteiger charge is 2.13. The maximum atomic E-state index is 2.27. The van der Waals surface area contributed by atoms with Crippen molar-refractivity contribution in [3.8, 4) is 0 Å². The maximum absolute atomic E-state index is 2.27. The van der Waals surface area contributed by atoms with Crippen LogP contribution in [-0.4, -0.2) is 0 Å². The lowest BCUT2D eigenvalue weighted by Crippen LogP contribution is -2.02. The van der Waals surface area contributed by atoms with Crippen LogP contribution in [0.5, 0.6) is 0 Å². The van der Waals surface area contributed by atoms with Crippen LogP contribution in [0.1, 0.15) is 63.0 Å². The van der Waals surface area contributed by atoms with Gasteiger partial charge in [0.05, 0.1) is 0 Å². The van der Waals surface area contributed by atoms with Gasteiger partial charge in [0.25, 0.3) is 0 Å². The average molecular weight is 279 g/mol. The molecular weight excluding hydrogens is 252 g/mol. The van der Waals surface area contributed by atoms with Gasteiger partial charge in [0.1, 0.15) is 0 Å². The van der Waals surface area contributed by atoms with Crippen LogP contribution in [0.15, 0.2) is 60.7 Å². The van der Waals surface area contributed by atoms with Crippen LogP contribution in [0.25, 0.3) is 0 Å². The molecular formula is C21H27. The van der Waals surface area contributed by atoms with Gasteiger partial charge in [-0.25, -0.2) is 0 Å². The summed E-state index contributed by atoms with van der Waals surface area (Å²) in [7, 11) is 0. The minimum Gasteiger partial charge on any atom is -0.0654 e. The van der Waals surface area contributed by atoms with Gasteiger partial charge in [0.2, 0.25) is 0 Å². The number of rotatable bonds is 9. The lowest BCUT2D eigenvalue weighted by Gasteiger charge is -2.17. The van der Waals surface area contributed by atoms with Crippen LogP contribution in [0.3, 0.4) is 0 Å². The summed E-state index contributed by atoms with van der Waals surface area (Å²) in [5, 5.41) is 0. The van der Waals surface area contributed by atoms with E-state index in [4.69, 9.17) is 0 Å². The van der Waals surface area contributed by atoms with Gasteiger partial charge in [-0.15, -0.1) is 0 Å². The summed E-state index contributed by atoms with van der Waals surface area (Å²) in [5.41, 5.74) is 2.74. The predicted molar refractivity (Wildman–Crippen MR) is 92.3 cm³/mol. The van der Waals surface area contributed by atoms with Crippen LogP contribution in [0.4, 0.5) is 0 Å². The van der Waals surface area contributed by atoms with Crippen molar-refractivity contribution in [1.82, 2.24) is 0 Å². The van der Waals surface area contributed by atoms with Gasteiger partial charge in [0, 0.05) is 5.92 Å². The summed E-state index contributed by atoms with van der Waals surface area (Å²) in [6.07, 6.45) is 9.30. The molecule has 0 saturated heterocycles. The van der Waals surface area contributed by atoms with E-state index >= 15 is 0 Å². The van der Waals surface area contributed by atoms with Gasteiger partial charge >= 0.3 is 0 Å². The van der Waals surface area contributed by atoms with Crippen LogP contribution in [0.2, 0.25) is 0 Å². The van der Waals surface area contributed by atoms with Crippen molar-refractivity contribution in [2.24, 2.45) is 0 Å². The van der Waals surface area contributed by atoms with Crippen LogP contribution in [-0.2, 0) is 0 Å². The Hall–Kier alpha value is -1.56. The Morgan fingerprint density at radius 3 is 1.62 bits per heavy atom. The Labute approximate surface area is 130 Å². The molecule has 0 aliphatic heterocycles. The first-order valence-electron chi connectivity index (χ1n) is 8.38. The fourth-order valence-electron chi connectivity index (χ4n) is 2.82. The normalized spacial score (nSPS) is 11.0. The third-order valence-electron chi connectivity index (χ3n) is 4.02. The summed E-state index contributed by atoms with van der Waals surface area (Å²) in [6, 6.07) is 21.7. The molecule has 0 aromatic heterocycles. The molecule has 2 aromatic rings. The van der Waals surface area contributed by atoms with Crippen molar-refractivity contribution in [1.29, 1.82) is 0 Å². The van der Waals surface area contributed by atoms with Gasteiger partial charge < -0.3 is 0 Å². The molecule has 21 heavy (non-hydrogen) atoms. The fraction of sp³-hybridized carbons (Fsp3) is 0.381. The second-order valence-electron chi connectivity index (χ2n) is 5.73. The topological polar surface area (TPSA) is 0 Å². The summed E-state index contributed by atoms with van der Waals surface area (Å²) in [6.45, 7) is 2.27. The third-order valence-corrected chi connectivity index (χ3v) is 4.02. The zero-order chi connectivity index (χ0) is 14.8. The summed E-state index contributed by atoms with van der Waals surface area (Å²) in [5.74, 6) is 1.49. The van der Waals surface area contributed by atoms with Crippen molar-refractivity contribution >= 4 is 0 Å². The van der Waals surface area contributed by atoms with Gasteiger partial charge in [-0.1, -0.05) is 106 Å². The van der Waals surface area contributed by atoms with E-state index in [1.54, 1.807) is 0 Å². The molecule has 0 amide bonds. The van der Waals surface area contributed by atoms with Crippen molar-refractivity contribution in [3.63, 3.8) is 0 Å². The molecule has 0 spiro atoms. The zero-order valence-electron chi connectivity index (χ0n) is 13.2. The predicted octanol–water partition coefficient (Wildman–Crippen LogP) is 6.41. The molecule has 2 rings (SSSR count). The molecule has 111 valence electrons. The minimum atomic E-state index is 1.18. The largest absolute Gasteiger partial charge is 0.0654 e. The number of hydrogen-bond acceptors (Lipinski definition) is 0. The van der Waals surface area contributed by atoms with Gasteiger partial charge in [-0.05, 0) is 17.5 Å². The molecule has 2 aromatic carbocycles. The number of unbranched alkanes of at least 4 members (excludes halogenated alkanes) is 5. The summed E-state index contributed by atoms with van der Waals surface area (Å²) >= 11 is 0. The fourth-order valence-corrected chi connectivity index (χ4v) is 2.82. The second kappa shape index (κ2) is 9.39. The van der Waals surface area contributed by atoms with Crippen molar-refractivity contribution in [2.75, 3.05) is 0 Å². The Morgan fingerprint density at radius 1 is 0.619 bits per heavy atom. The highest BCUT2D eigenvalue weighted by Crippen LogP contribution is 2.28. The number of hydrogen-bond donors (Lipinski definition) is 0. The maximum Gasteiger partial charge on any atom is 0.0340 e. The van der Waals surface area contributed by atoms with Crippen LogP contribution < -0.4 is 0 Å².